The number of aromatic nitrogens is 1. The number of pyridine rings is 1. The summed E-state index contributed by atoms with van der Waals surface area (Å²) in [7, 11) is 0. The van der Waals surface area contributed by atoms with E-state index in [1.165, 1.54) is 11.3 Å². The lowest BCUT2D eigenvalue weighted by atomic mass is 10.2. The van der Waals surface area contributed by atoms with Crippen LogP contribution >= 0.6 is 11.3 Å². The van der Waals surface area contributed by atoms with E-state index in [9.17, 15) is 4.79 Å². The van der Waals surface area contributed by atoms with Gasteiger partial charge in [-0.15, -0.1) is 11.3 Å². The van der Waals surface area contributed by atoms with E-state index in [0.29, 0.717) is 16.3 Å². The first-order valence-corrected chi connectivity index (χ1v) is 6.98. The molecule has 0 aliphatic heterocycles. The van der Waals surface area contributed by atoms with Crippen molar-refractivity contribution in [3.05, 3.63) is 53.2 Å². The standard InChI is InChI=1S/C15H13N3OS/c1-9-6-7-10(8-17-9)18-15(19)14-13(16)11-4-2-3-5-12(11)20-14/h2-8H,16H2,1H3,(H,18,19). The fraction of sp³-hybridized carbons (Fsp3) is 0.0667. The number of thiophene rings is 1. The topological polar surface area (TPSA) is 68.0 Å². The van der Waals surface area contributed by atoms with Crippen LogP contribution in [0.5, 0.6) is 0 Å². The number of fused-ring (bicyclic) bond motifs is 1. The minimum Gasteiger partial charge on any atom is -0.397 e. The van der Waals surface area contributed by atoms with Gasteiger partial charge in [0.15, 0.2) is 0 Å². The van der Waals surface area contributed by atoms with Gasteiger partial charge in [-0.05, 0) is 25.1 Å². The van der Waals surface area contributed by atoms with Gasteiger partial charge in [-0.2, -0.15) is 0 Å². The van der Waals surface area contributed by atoms with Crippen LogP contribution in [0.25, 0.3) is 10.1 Å². The van der Waals surface area contributed by atoms with E-state index >= 15 is 0 Å². The molecule has 1 aromatic carbocycles. The van der Waals surface area contributed by atoms with Crippen LogP contribution in [0.3, 0.4) is 0 Å². The summed E-state index contributed by atoms with van der Waals surface area (Å²) in [5.41, 5.74) is 8.15. The number of benzene rings is 1. The number of aryl methyl sites for hydroxylation is 1. The highest BCUT2D eigenvalue weighted by Gasteiger charge is 2.16. The van der Waals surface area contributed by atoms with Crippen molar-refractivity contribution >= 4 is 38.7 Å². The molecule has 0 saturated carbocycles. The van der Waals surface area contributed by atoms with Crippen LogP contribution in [0.1, 0.15) is 15.4 Å². The summed E-state index contributed by atoms with van der Waals surface area (Å²) in [5, 5.41) is 3.74. The molecule has 3 N–H and O–H groups in total. The predicted octanol–water partition coefficient (Wildman–Crippen LogP) is 3.44. The van der Waals surface area contributed by atoms with Gasteiger partial charge in [-0.3, -0.25) is 9.78 Å². The van der Waals surface area contributed by atoms with E-state index < -0.39 is 0 Å². The number of nitrogen functional groups attached to an aromatic ring is 1. The Morgan fingerprint density at radius 1 is 1.25 bits per heavy atom. The number of hydrogen-bond acceptors (Lipinski definition) is 4. The first-order valence-electron chi connectivity index (χ1n) is 6.16. The Morgan fingerprint density at radius 3 is 2.75 bits per heavy atom. The smallest absolute Gasteiger partial charge is 0.267 e. The van der Waals surface area contributed by atoms with Gasteiger partial charge in [-0.25, -0.2) is 0 Å². The van der Waals surface area contributed by atoms with Crippen LogP contribution < -0.4 is 11.1 Å². The average Bonchev–Trinajstić information content (AvgIpc) is 2.79. The maximum atomic E-state index is 12.3. The van der Waals surface area contributed by atoms with E-state index in [0.717, 1.165) is 15.8 Å². The SMILES string of the molecule is Cc1ccc(NC(=O)c2sc3ccccc3c2N)cn1. The van der Waals surface area contributed by atoms with Crippen LogP contribution in [-0.4, -0.2) is 10.9 Å². The molecule has 2 aromatic heterocycles. The Labute approximate surface area is 120 Å². The summed E-state index contributed by atoms with van der Waals surface area (Å²) in [6.45, 7) is 1.90. The van der Waals surface area contributed by atoms with Crippen LogP contribution in [0, 0.1) is 6.92 Å². The molecular weight excluding hydrogens is 270 g/mol. The summed E-state index contributed by atoms with van der Waals surface area (Å²) < 4.78 is 1.01. The lowest BCUT2D eigenvalue weighted by Gasteiger charge is -2.04. The van der Waals surface area contributed by atoms with Crippen LogP contribution in [0.4, 0.5) is 11.4 Å². The molecule has 3 aromatic rings. The maximum absolute atomic E-state index is 12.3. The third-order valence-electron chi connectivity index (χ3n) is 3.01. The zero-order valence-corrected chi connectivity index (χ0v) is 11.7. The molecule has 5 heteroatoms. The molecule has 4 nitrogen and oxygen atoms in total. The molecule has 0 aliphatic carbocycles. The molecule has 0 bridgehead atoms. The Morgan fingerprint density at radius 2 is 2.05 bits per heavy atom. The van der Waals surface area contributed by atoms with Crippen LogP contribution in [-0.2, 0) is 0 Å². The first kappa shape index (κ1) is 12.6. The van der Waals surface area contributed by atoms with Crippen molar-refractivity contribution in [1.82, 2.24) is 4.98 Å². The van der Waals surface area contributed by atoms with E-state index in [1.54, 1.807) is 6.20 Å². The van der Waals surface area contributed by atoms with Gasteiger partial charge in [0.1, 0.15) is 4.88 Å². The molecule has 2 heterocycles. The highest BCUT2D eigenvalue weighted by molar-refractivity contribution is 7.21. The number of amides is 1. The lowest BCUT2D eigenvalue weighted by Crippen LogP contribution is -2.12. The first-order chi connectivity index (χ1) is 9.65. The Hall–Kier alpha value is -2.40. The molecular formula is C15H13N3OS. The largest absolute Gasteiger partial charge is 0.397 e. The second-order valence-electron chi connectivity index (χ2n) is 4.48. The summed E-state index contributed by atoms with van der Waals surface area (Å²) in [6, 6.07) is 11.4. The molecule has 0 unspecified atom stereocenters. The zero-order chi connectivity index (χ0) is 14.1. The van der Waals surface area contributed by atoms with Gasteiger partial charge in [0, 0.05) is 15.8 Å². The van der Waals surface area contributed by atoms with E-state index in [2.05, 4.69) is 10.3 Å². The molecule has 0 fully saturated rings. The third kappa shape index (κ3) is 2.23. The molecule has 0 atom stereocenters. The zero-order valence-electron chi connectivity index (χ0n) is 10.9. The van der Waals surface area contributed by atoms with Gasteiger partial charge < -0.3 is 11.1 Å². The van der Waals surface area contributed by atoms with Crippen molar-refractivity contribution in [2.45, 2.75) is 6.92 Å². The molecule has 100 valence electrons. The van der Waals surface area contributed by atoms with Crippen LogP contribution in [0.15, 0.2) is 42.6 Å². The van der Waals surface area contributed by atoms with E-state index in [4.69, 9.17) is 5.73 Å². The number of nitrogens with zero attached hydrogens (tertiary/aromatic N) is 1. The quantitative estimate of drug-likeness (QED) is 0.757. The maximum Gasteiger partial charge on any atom is 0.267 e. The van der Waals surface area contributed by atoms with Crippen LogP contribution in [0.2, 0.25) is 0 Å². The summed E-state index contributed by atoms with van der Waals surface area (Å²) in [5.74, 6) is -0.200. The number of carbonyl (C=O) groups is 1. The Bertz CT molecular complexity index is 777. The van der Waals surface area contributed by atoms with Crippen molar-refractivity contribution < 1.29 is 4.79 Å². The van der Waals surface area contributed by atoms with Crippen molar-refractivity contribution in [3.8, 4) is 0 Å². The van der Waals surface area contributed by atoms with Crippen molar-refractivity contribution in [2.24, 2.45) is 0 Å². The summed E-state index contributed by atoms with van der Waals surface area (Å²) >= 11 is 1.40. The van der Waals surface area contributed by atoms with Gasteiger partial charge in [0.05, 0.1) is 17.6 Å². The Kier molecular flexibility index (Phi) is 3.12. The molecule has 0 radical (unpaired) electrons. The van der Waals surface area contributed by atoms with Crippen molar-refractivity contribution in [1.29, 1.82) is 0 Å². The van der Waals surface area contributed by atoms with Gasteiger partial charge in [-0.1, -0.05) is 18.2 Å². The molecule has 20 heavy (non-hydrogen) atoms. The van der Waals surface area contributed by atoms with Crippen molar-refractivity contribution in [3.63, 3.8) is 0 Å². The fourth-order valence-electron chi connectivity index (χ4n) is 1.96. The lowest BCUT2D eigenvalue weighted by molar-refractivity contribution is 0.103. The highest BCUT2D eigenvalue weighted by atomic mass is 32.1. The number of carbonyl (C=O) groups excluding carboxylic acids is 1. The van der Waals surface area contributed by atoms with E-state index in [1.807, 2.05) is 43.3 Å². The van der Waals surface area contributed by atoms with E-state index in [-0.39, 0.29) is 5.91 Å². The molecule has 3 rings (SSSR count). The summed E-state index contributed by atoms with van der Waals surface area (Å²) in [6.07, 6.45) is 1.64. The van der Waals surface area contributed by atoms with Crippen molar-refractivity contribution in [2.75, 3.05) is 11.1 Å². The fourth-order valence-corrected chi connectivity index (χ4v) is 2.98. The monoisotopic (exact) mass is 283 g/mol. The van der Waals surface area contributed by atoms with Gasteiger partial charge in [0.25, 0.3) is 5.91 Å². The molecule has 0 aliphatic rings. The number of anilines is 2. The average molecular weight is 283 g/mol. The third-order valence-corrected chi connectivity index (χ3v) is 4.19. The second-order valence-corrected chi connectivity index (χ2v) is 5.54. The molecule has 1 amide bonds. The number of nitrogens with two attached hydrogens (primary N) is 1. The van der Waals surface area contributed by atoms with Gasteiger partial charge >= 0.3 is 0 Å². The molecule has 0 spiro atoms. The summed E-state index contributed by atoms with van der Waals surface area (Å²) in [4.78, 5) is 17.0. The Balaban J connectivity index is 1.92. The number of nitrogens with one attached hydrogen (secondary N) is 1. The number of hydrogen-bond donors (Lipinski definition) is 2. The minimum absolute atomic E-state index is 0.200. The molecule has 0 saturated heterocycles. The second kappa shape index (κ2) is 4.94. The normalized spacial score (nSPS) is 10.7. The minimum atomic E-state index is -0.200. The van der Waals surface area contributed by atoms with Gasteiger partial charge in [0.2, 0.25) is 0 Å². The predicted molar refractivity (Wildman–Crippen MR) is 83.2 cm³/mol. The highest BCUT2D eigenvalue weighted by Crippen LogP contribution is 2.33. The number of rotatable bonds is 2.